The fraction of sp³-hybridized carbons (Fsp3) is 0.417. The third kappa shape index (κ3) is 1.92. The van der Waals surface area contributed by atoms with E-state index in [1.807, 2.05) is 0 Å². The Morgan fingerprint density at radius 2 is 1.87 bits per heavy atom. The van der Waals surface area contributed by atoms with Gasteiger partial charge in [0.25, 0.3) is 0 Å². The predicted octanol–water partition coefficient (Wildman–Crippen LogP) is 2.83. The molecule has 2 rings (SSSR count). The van der Waals surface area contributed by atoms with Gasteiger partial charge >= 0.3 is 0 Å². The quantitative estimate of drug-likeness (QED) is 0.785. The summed E-state index contributed by atoms with van der Waals surface area (Å²) in [5.41, 5.74) is -0.742. The van der Waals surface area contributed by atoms with Gasteiger partial charge in [-0.3, -0.25) is 4.79 Å². The zero-order valence-corrected chi connectivity index (χ0v) is 9.13. The summed E-state index contributed by atoms with van der Waals surface area (Å²) in [6, 6.07) is 6.88. The van der Waals surface area contributed by atoms with E-state index in [1.165, 1.54) is 0 Å². The molecule has 0 aromatic heterocycles. The highest BCUT2D eigenvalue weighted by Crippen LogP contribution is 2.34. The fourth-order valence-electron chi connectivity index (χ4n) is 2.08. The fourth-order valence-corrected chi connectivity index (χ4v) is 2.30. The van der Waals surface area contributed by atoms with Crippen molar-refractivity contribution in [3.8, 4) is 0 Å². The van der Waals surface area contributed by atoms with Gasteiger partial charge in [0, 0.05) is 5.56 Å². The van der Waals surface area contributed by atoms with Crippen molar-refractivity contribution >= 4 is 17.4 Å². The molecule has 0 aliphatic heterocycles. The molecule has 0 amide bonds. The zero-order chi connectivity index (χ0) is 10.9. The predicted molar refractivity (Wildman–Crippen MR) is 59.2 cm³/mol. The molecule has 1 saturated carbocycles. The number of benzene rings is 1. The minimum atomic E-state index is -1.18. The first kappa shape index (κ1) is 10.7. The smallest absolute Gasteiger partial charge is 0.195 e. The van der Waals surface area contributed by atoms with Crippen LogP contribution in [0.5, 0.6) is 0 Å². The Morgan fingerprint density at radius 1 is 1.27 bits per heavy atom. The monoisotopic (exact) mass is 224 g/mol. The topological polar surface area (TPSA) is 37.3 Å². The Balaban J connectivity index is 2.32. The molecule has 0 radical (unpaired) electrons. The number of rotatable bonds is 2. The molecule has 1 aliphatic rings. The first-order chi connectivity index (χ1) is 7.13. The summed E-state index contributed by atoms with van der Waals surface area (Å²) in [5.74, 6) is -0.231. The summed E-state index contributed by atoms with van der Waals surface area (Å²) < 4.78 is 0. The second-order valence-electron chi connectivity index (χ2n) is 4.05. The molecule has 3 heteroatoms. The van der Waals surface area contributed by atoms with Crippen LogP contribution in [0.3, 0.4) is 0 Å². The summed E-state index contributed by atoms with van der Waals surface area (Å²) >= 11 is 5.93. The van der Waals surface area contributed by atoms with Crippen LogP contribution in [0.25, 0.3) is 0 Å². The van der Waals surface area contributed by atoms with Gasteiger partial charge in [-0.2, -0.15) is 0 Å². The molecule has 0 spiro atoms. The minimum absolute atomic E-state index is 0.231. The van der Waals surface area contributed by atoms with Crippen LogP contribution in [-0.2, 0) is 0 Å². The van der Waals surface area contributed by atoms with Gasteiger partial charge in [-0.05, 0) is 37.8 Å². The second kappa shape index (κ2) is 3.95. The molecular formula is C12H13ClO2. The first-order valence-electron chi connectivity index (χ1n) is 5.15. The highest BCUT2D eigenvalue weighted by atomic mass is 35.5. The maximum absolute atomic E-state index is 12.1. The van der Waals surface area contributed by atoms with Crippen molar-refractivity contribution in [2.45, 2.75) is 31.3 Å². The lowest BCUT2D eigenvalue weighted by Crippen LogP contribution is -2.35. The third-order valence-corrected chi connectivity index (χ3v) is 3.30. The highest BCUT2D eigenvalue weighted by molar-refractivity contribution is 6.34. The van der Waals surface area contributed by atoms with Gasteiger partial charge in [-0.15, -0.1) is 0 Å². The maximum Gasteiger partial charge on any atom is 0.195 e. The molecule has 0 atom stereocenters. The van der Waals surface area contributed by atoms with Crippen molar-refractivity contribution in [3.63, 3.8) is 0 Å². The standard InChI is InChI=1S/C12H13ClO2/c13-10-6-2-1-5-9(10)11(14)12(15)7-3-4-8-12/h1-2,5-6,15H,3-4,7-8H2. The lowest BCUT2D eigenvalue weighted by Gasteiger charge is -2.20. The van der Waals surface area contributed by atoms with Gasteiger partial charge in [0.15, 0.2) is 5.78 Å². The molecule has 0 bridgehead atoms. The van der Waals surface area contributed by atoms with E-state index in [1.54, 1.807) is 24.3 Å². The van der Waals surface area contributed by atoms with Gasteiger partial charge in [0.1, 0.15) is 5.60 Å². The number of ketones is 1. The third-order valence-electron chi connectivity index (χ3n) is 2.97. The summed E-state index contributed by atoms with van der Waals surface area (Å²) in [6.07, 6.45) is 2.92. The highest BCUT2D eigenvalue weighted by Gasteiger charge is 2.39. The molecule has 15 heavy (non-hydrogen) atoms. The molecule has 0 heterocycles. The normalized spacial score (nSPS) is 19.1. The molecule has 80 valence electrons. The minimum Gasteiger partial charge on any atom is -0.382 e. The van der Waals surface area contributed by atoms with Crippen LogP contribution in [0.1, 0.15) is 36.0 Å². The molecule has 1 N–H and O–H groups in total. The van der Waals surface area contributed by atoms with Crippen LogP contribution in [-0.4, -0.2) is 16.5 Å². The largest absolute Gasteiger partial charge is 0.382 e. The molecular weight excluding hydrogens is 212 g/mol. The molecule has 2 nitrogen and oxygen atoms in total. The Labute approximate surface area is 93.9 Å². The Bertz CT molecular complexity index is 381. The Kier molecular flexibility index (Phi) is 2.81. The van der Waals surface area contributed by atoms with E-state index in [-0.39, 0.29) is 5.78 Å². The van der Waals surface area contributed by atoms with Crippen molar-refractivity contribution in [1.82, 2.24) is 0 Å². The Morgan fingerprint density at radius 3 is 2.47 bits per heavy atom. The van der Waals surface area contributed by atoms with Gasteiger partial charge in [0.05, 0.1) is 5.02 Å². The van der Waals surface area contributed by atoms with Gasteiger partial charge in [-0.25, -0.2) is 0 Å². The number of hydrogen-bond acceptors (Lipinski definition) is 2. The van der Waals surface area contributed by atoms with Crippen LogP contribution < -0.4 is 0 Å². The van der Waals surface area contributed by atoms with Crippen LogP contribution in [0.4, 0.5) is 0 Å². The van der Waals surface area contributed by atoms with Crippen LogP contribution in [0.2, 0.25) is 5.02 Å². The summed E-state index contributed by atoms with van der Waals surface area (Å²) in [7, 11) is 0. The second-order valence-corrected chi connectivity index (χ2v) is 4.45. The first-order valence-corrected chi connectivity index (χ1v) is 5.53. The van der Waals surface area contributed by atoms with E-state index < -0.39 is 5.60 Å². The van der Waals surface area contributed by atoms with E-state index >= 15 is 0 Å². The number of Topliss-reactive ketones (excluding diaryl/α,β-unsaturated/α-hetero) is 1. The number of halogens is 1. The number of carbonyl (C=O) groups excluding carboxylic acids is 1. The zero-order valence-electron chi connectivity index (χ0n) is 8.37. The van der Waals surface area contributed by atoms with Crippen molar-refractivity contribution < 1.29 is 9.90 Å². The van der Waals surface area contributed by atoms with Crippen molar-refractivity contribution in [2.75, 3.05) is 0 Å². The number of aliphatic hydroxyl groups is 1. The van der Waals surface area contributed by atoms with E-state index in [9.17, 15) is 9.90 Å². The van der Waals surface area contributed by atoms with Crippen molar-refractivity contribution in [3.05, 3.63) is 34.9 Å². The summed E-state index contributed by atoms with van der Waals surface area (Å²) in [6.45, 7) is 0. The number of carbonyl (C=O) groups is 1. The molecule has 0 saturated heterocycles. The maximum atomic E-state index is 12.1. The lowest BCUT2D eigenvalue weighted by molar-refractivity contribution is 0.0353. The van der Waals surface area contributed by atoms with Gasteiger partial charge in [0.2, 0.25) is 0 Å². The van der Waals surface area contributed by atoms with E-state index in [4.69, 9.17) is 11.6 Å². The van der Waals surface area contributed by atoms with Crippen molar-refractivity contribution in [1.29, 1.82) is 0 Å². The Hall–Kier alpha value is -0.860. The lowest BCUT2D eigenvalue weighted by atomic mass is 9.91. The average Bonchev–Trinajstić information content (AvgIpc) is 2.66. The van der Waals surface area contributed by atoms with Crippen LogP contribution in [0, 0.1) is 0 Å². The van der Waals surface area contributed by atoms with Crippen LogP contribution >= 0.6 is 11.6 Å². The van der Waals surface area contributed by atoms with E-state index in [0.29, 0.717) is 23.4 Å². The molecule has 0 unspecified atom stereocenters. The summed E-state index contributed by atoms with van der Waals surface area (Å²) in [4.78, 5) is 12.1. The van der Waals surface area contributed by atoms with Crippen molar-refractivity contribution in [2.24, 2.45) is 0 Å². The molecule has 1 aliphatic carbocycles. The van der Waals surface area contributed by atoms with Gasteiger partial charge in [-0.1, -0.05) is 23.7 Å². The molecule has 1 fully saturated rings. The summed E-state index contributed by atoms with van der Waals surface area (Å²) in [5, 5.41) is 10.5. The molecule has 1 aromatic rings. The van der Waals surface area contributed by atoms with Crippen LogP contribution in [0.15, 0.2) is 24.3 Å². The average molecular weight is 225 g/mol. The number of hydrogen-bond donors (Lipinski definition) is 1. The van der Waals surface area contributed by atoms with Gasteiger partial charge < -0.3 is 5.11 Å². The SMILES string of the molecule is O=C(c1ccccc1Cl)C1(O)CCCC1. The van der Waals surface area contributed by atoms with E-state index in [2.05, 4.69) is 0 Å². The molecule has 1 aromatic carbocycles. The van der Waals surface area contributed by atoms with E-state index in [0.717, 1.165) is 12.8 Å².